The minimum atomic E-state index is -1.03. The van der Waals surface area contributed by atoms with Gasteiger partial charge in [0.05, 0.1) is 43.1 Å². The number of carbonyl (C=O) groups is 6. The third kappa shape index (κ3) is 27.5. The number of aromatic carboxylic acids is 3. The van der Waals surface area contributed by atoms with Gasteiger partial charge in [0.15, 0.2) is 17.5 Å². The van der Waals surface area contributed by atoms with Crippen LogP contribution >= 0.6 is 34.0 Å². The maximum absolute atomic E-state index is 14.1. The highest BCUT2D eigenvalue weighted by atomic mass is 32.1. The molecule has 1 aliphatic heterocycles. The molecule has 0 spiro atoms. The van der Waals surface area contributed by atoms with Crippen LogP contribution in [0.3, 0.4) is 0 Å². The molecule has 648 valence electrons. The number of nitrogens with zero attached hydrogens (tertiary/aromatic N) is 11. The summed E-state index contributed by atoms with van der Waals surface area (Å²) in [6.07, 6.45) is 19.5. The number of piperidine rings is 1. The van der Waals surface area contributed by atoms with Crippen molar-refractivity contribution in [2.75, 3.05) is 59.1 Å². The van der Waals surface area contributed by atoms with E-state index >= 15 is 0 Å². The van der Waals surface area contributed by atoms with Crippen molar-refractivity contribution < 1.29 is 48.8 Å². The van der Waals surface area contributed by atoms with E-state index in [0.717, 1.165) is 189 Å². The molecule has 26 heteroatoms. The van der Waals surface area contributed by atoms with Crippen LogP contribution in [0.25, 0.3) is 0 Å². The molecule has 5 aromatic rings. The first-order valence-corrected chi connectivity index (χ1v) is 45.5. The number of hydrazine groups is 3. The second kappa shape index (κ2) is 41.4. The van der Waals surface area contributed by atoms with Crippen LogP contribution in [0.4, 0.5) is 28.7 Å². The Bertz CT molecular complexity index is 4290. The average molecular weight is 1690 g/mol. The van der Waals surface area contributed by atoms with Crippen LogP contribution in [0, 0.1) is 101 Å². The van der Waals surface area contributed by atoms with Crippen LogP contribution in [0.5, 0.6) is 0 Å². The van der Waals surface area contributed by atoms with Crippen molar-refractivity contribution in [3.8, 4) is 35.5 Å². The zero-order valence-electron chi connectivity index (χ0n) is 74.4. The van der Waals surface area contributed by atoms with Crippen molar-refractivity contribution in [3.63, 3.8) is 0 Å². The summed E-state index contributed by atoms with van der Waals surface area (Å²) in [6.45, 7) is 40.5. The van der Waals surface area contributed by atoms with Crippen LogP contribution in [0.15, 0.2) is 54.9 Å². The van der Waals surface area contributed by atoms with Gasteiger partial charge in [0.2, 0.25) is 17.7 Å². The number of aryl methyl sites for hydroxylation is 2. The summed E-state index contributed by atoms with van der Waals surface area (Å²) in [5.41, 5.74) is 9.34. The third-order valence-electron chi connectivity index (χ3n) is 23.1. The lowest BCUT2D eigenvalue weighted by molar-refractivity contribution is -0.127. The Morgan fingerprint density at radius 1 is 0.445 bits per heavy atom. The molecule has 5 saturated carbocycles. The van der Waals surface area contributed by atoms with Gasteiger partial charge in [-0.05, 0) is 305 Å². The van der Waals surface area contributed by atoms with Crippen LogP contribution < -0.4 is 35.7 Å². The molecule has 0 bridgehead atoms. The first-order valence-electron chi connectivity index (χ1n) is 43.0. The van der Waals surface area contributed by atoms with Crippen LogP contribution in [-0.4, -0.2) is 151 Å². The zero-order valence-corrected chi connectivity index (χ0v) is 76.9. The van der Waals surface area contributed by atoms with Gasteiger partial charge >= 0.3 is 17.9 Å². The fourth-order valence-electron chi connectivity index (χ4n) is 16.4. The molecule has 0 aromatic carbocycles. The number of rotatable bonds is 21. The fraction of sp³-hybridized carbons (Fsp3) is 0.634. The number of carboxylic acid groups (broad SMARTS) is 3. The number of hydrogen-bond acceptors (Lipinski definition) is 20. The summed E-state index contributed by atoms with van der Waals surface area (Å²) >= 11 is 3.49. The zero-order chi connectivity index (χ0) is 87.2. The van der Waals surface area contributed by atoms with E-state index in [9.17, 15) is 44.1 Å². The van der Waals surface area contributed by atoms with Crippen molar-refractivity contribution in [1.29, 1.82) is 0 Å². The van der Waals surface area contributed by atoms with E-state index in [1.807, 2.05) is 179 Å². The molecule has 11 rings (SSSR count). The molecule has 119 heavy (non-hydrogen) atoms. The average Bonchev–Trinajstić information content (AvgIpc) is 1.69. The molecule has 0 radical (unpaired) electrons. The molecule has 6 fully saturated rings. The van der Waals surface area contributed by atoms with E-state index in [4.69, 9.17) is 4.74 Å². The van der Waals surface area contributed by atoms with E-state index in [0.29, 0.717) is 55.3 Å². The third-order valence-corrected chi connectivity index (χ3v) is 26.2. The number of thiophene rings is 3. The van der Waals surface area contributed by atoms with Crippen LogP contribution in [-0.2, 0) is 19.1 Å². The maximum Gasteiger partial charge on any atom is 0.348 e. The van der Waals surface area contributed by atoms with Gasteiger partial charge in [-0.25, -0.2) is 35.3 Å². The van der Waals surface area contributed by atoms with E-state index in [-0.39, 0.29) is 102 Å². The Hall–Kier alpha value is -8.42. The first kappa shape index (κ1) is 94.4. The van der Waals surface area contributed by atoms with Gasteiger partial charge < -0.3 is 34.8 Å². The predicted octanol–water partition coefficient (Wildman–Crippen LogP) is 18.7. The summed E-state index contributed by atoms with van der Waals surface area (Å²) in [4.78, 5) is 88.0. The van der Waals surface area contributed by atoms with Crippen molar-refractivity contribution in [2.45, 2.75) is 295 Å². The largest absolute Gasteiger partial charge is 0.477 e. The van der Waals surface area contributed by atoms with Gasteiger partial charge in [-0.15, -0.1) is 44.2 Å². The minimum absolute atomic E-state index is 0.0112. The smallest absolute Gasteiger partial charge is 0.348 e. The lowest BCUT2D eigenvalue weighted by Gasteiger charge is -2.44. The van der Waals surface area contributed by atoms with Crippen LogP contribution in [0.2, 0.25) is 0 Å². The van der Waals surface area contributed by atoms with Crippen molar-refractivity contribution >= 4 is 98.3 Å². The van der Waals surface area contributed by atoms with Crippen molar-refractivity contribution in [2.24, 2.45) is 51.8 Å². The van der Waals surface area contributed by atoms with Crippen molar-refractivity contribution in [3.05, 3.63) is 95.6 Å². The molecular weight excluding hydrogens is 1560 g/mol. The normalized spacial score (nSPS) is 22.4. The molecule has 6 heterocycles. The molecule has 1 saturated heterocycles. The molecule has 3 amide bonds. The van der Waals surface area contributed by atoms with E-state index in [1.54, 1.807) is 11.1 Å². The van der Waals surface area contributed by atoms with Gasteiger partial charge in [-0.2, -0.15) is 10.2 Å². The minimum Gasteiger partial charge on any atom is -0.477 e. The lowest BCUT2D eigenvalue weighted by Crippen LogP contribution is -2.55. The monoisotopic (exact) mass is 1690 g/mol. The summed E-state index contributed by atoms with van der Waals surface area (Å²) in [6, 6.07) is 13.7. The molecule has 5 aromatic heterocycles. The number of aromatic nitrogens is 4. The predicted molar refractivity (Wildman–Crippen MR) is 480 cm³/mol. The number of amides is 3. The number of hydrogen-bond donors (Lipinski definition) is 5. The number of likely N-dealkylation sites (tertiary alicyclic amines) is 1. The number of carbonyl (C=O) groups excluding carboxylic acids is 3. The number of carboxylic acids is 3. The van der Waals surface area contributed by atoms with E-state index < -0.39 is 17.9 Å². The number of ether oxygens (including phenoxy) is 1. The molecule has 23 nitrogen and oxygen atoms in total. The first-order chi connectivity index (χ1) is 55.9. The van der Waals surface area contributed by atoms with E-state index in [2.05, 4.69) is 99.0 Å². The Balaban J connectivity index is 0.000000203. The van der Waals surface area contributed by atoms with E-state index in [1.165, 1.54) is 22.7 Å². The van der Waals surface area contributed by atoms with Gasteiger partial charge in [-0.3, -0.25) is 24.4 Å². The summed E-state index contributed by atoms with van der Waals surface area (Å²) in [5, 5.41) is 54.7. The molecule has 5 N–H and O–H groups in total. The summed E-state index contributed by atoms with van der Waals surface area (Å²) < 4.78 is 5.98. The quantitative estimate of drug-likeness (QED) is 0.0259. The van der Waals surface area contributed by atoms with Gasteiger partial charge in [0, 0.05) is 98.4 Å². The van der Waals surface area contributed by atoms with Crippen molar-refractivity contribution in [1.82, 2.24) is 41.2 Å². The Kier molecular flexibility index (Phi) is 32.9. The summed E-state index contributed by atoms with van der Waals surface area (Å²) in [7, 11) is 5.81. The SMILES string of the molecule is C=C(OC(C)(C)C)N1CCC(N(C)N(C(=O)C2CCC(C)CC2)c2cc(C#CC(C)(C)C)sc2C(=O)O)CC1.Cc1ccc(N(C)NC2CCC(N(C(=O)C3CCC(C)CC3)c3cc(C#CC(C)(C)C)sc3C(=O)O)CC2)nn1.Cc1ccc(N(C)NC2CCC(N(C(=O)C3CCC(C)CC3)c3cc(C#CC(C)(C)C)sc3C(=O)O)CC2)nn1. The molecule has 0 unspecified atom stereocenters. The highest BCUT2D eigenvalue weighted by Gasteiger charge is 2.42. The molecule has 0 atom stereocenters. The Labute approximate surface area is 720 Å². The van der Waals surface area contributed by atoms with Gasteiger partial charge in [0.25, 0.3) is 0 Å². The standard InChI is InChI=1S/2C31H43N5O3S.C31H47N3O4S/c2*1-20-7-10-22(11-8-20)29(37)36(26-19-25(17-18-31(3,4)5)40-28(26)30(38)39)24-14-12-23(13-15-24)34-35(6)27-16-9-21(2)32-33-27;1-21-10-12-23(13-11-21)28(35)34(26-20-25(14-17-30(3,4)5)39-27(26)29(36)37)32(9)24-15-18-33(19-16-24)22(2)38-31(6,7)8/h2*9,16,19-20,22-24,34H,7-8,10-15H2,1-6H3,(H,38,39);20-21,23-24H,2,10-13,15-16,18-19H2,1,3-9H3,(H,36,37). The molecule has 6 aliphatic rings. The molecular formula is C93H133N13O10S3. The maximum atomic E-state index is 14.1. The van der Waals surface area contributed by atoms with Crippen LogP contribution in [0.1, 0.15) is 300 Å². The topological polar surface area (TPSA) is 271 Å². The second-order valence-electron chi connectivity index (χ2n) is 38.2. The highest BCUT2D eigenvalue weighted by Crippen LogP contribution is 2.44. The Morgan fingerprint density at radius 2 is 0.765 bits per heavy atom. The Morgan fingerprint density at radius 3 is 1.07 bits per heavy atom. The molecule has 5 aliphatic carbocycles. The lowest BCUT2D eigenvalue weighted by atomic mass is 9.81. The highest BCUT2D eigenvalue weighted by molar-refractivity contribution is 7.16. The number of anilines is 5. The second-order valence-corrected chi connectivity index (χ2v) is 41.3. The summed E-state index contributed by atoms with van der Waals surface area (Å²) in [5.74, 6) is 20.0. The number of nitrogens with one attached hydrogen (secondary N) is 2. The fourth-order valence-corrected chi connectivity index (χ4v) is 18.9. The van der Waals surface area contributed by atoms with Gasteiger partial charge in [0.1, 0.15) is 20.2 Å². The van der Waals surface area contributed by atoms with Gasteiger partial charge in [-0.1, -0.05) is 56.3 Å².